The van der Waals surface area contributed by atoms with Crippen molar-refractivity contribution >= 4 is 58.1 Å². The van der Waals surface area contributed by atoms with Gasteiger partial charge in [-0.2, -0.15) is 13.2 Å². The summed E-state index contributed by atoms with van der Waals surface area (Å²) in [6.07, 6.45) is -4.52. The summed E-state index contributed by atoms with van der Waals surface area (Å²) < 4.78 is 45.0. The highest BCUT2D eigenvalue weighted by Gasteiger charge is 2.31. The highest BCUT2D eigenvalue weighted by molar-refractivity contribution is 8.03. The Bertz CT molecular complexity index is 1050. The summed E-state index contributed by atoms with van der Waals surface area (Å²) in [5.74, 6) is 0.962. The van der Waals surface area contributed by atoms with Crippen LogP contribution in [-0.4, -0.2) is 29.0 Å². The zero-order valence-corrected chi connectivity index (χ0v) is 19.1. The number of hydrogen-bond acceptors (Lipinski definition) is 7. The van der Waals surface area contributed by atoms with E-state index in [9.17, 15) is 18.0 Å². The monoisotopic (exact) mass is 505 g/mol. The molecule has 0 fully saturated rings. The van der Waals surface area contributed by atoms with Crippen molar-refractivity contribution in [1.82, 2.24) is 10.2 Å². The standard InChI is InChI=1S/C19H15ClF3N3O2S3/c1-28-13-5-2-11(3-6-13)9-29-17-25-26-18(31-17)30-10-16(27)24-15-8-12(19(21,22)23)4-7-14(15)20/h2-8H,9-10H2,1H3,(H,24,27). The van der Waals surface area contributed by atoms with Gasteiger partial charge in [0.05, 0.1) is 29.1 Å². The molecule has 0 aliphatic heterocycles. The Morgan fingerprint density at radius 2 is 1.81 bits per heavy atom. The van der Waals surface area contributed by atoms with Crippen molar-refractivity contribution < 1.29 is 22.7 Å². The minimum Gasteiger partial charge on any atom is -0.497 e. The first-order valence-electron chi connectivity index (χ1n) is 8.63. The lowest BCUT2D eigenvalue weighted by molar-refractivity contribution is -0.137. The number of aromatic nitrogens is 2. The van der Waals surface area contributed by atoms with Gasteiger partial charge in [-0.15, -0.1) is 10.2 Å². The lowest BCUT2D eigenvalue weighted by Gasteiger charge is -2.11. The van der Waals surface area contributed by atoms with Gasteiger partial charge in [-0.25, -0.2) is 0 Å². The molecule has 5 nitrogen and oxygen atoms in total. The fourth-order valence-electron chi connectivity index (χ4n) is 2.29. The number of nitrogens with zero attached hydrogens (tertiary/aromatic N) is 2. The van der Waals surface area contributed by atoms with Gasteiger partial charge in [0.25, 0.3) is 0 Å². The quantitative estimate of drug-likeness (QED) is 0.365. The Kier molecular flexibility index (Phi) is 8.09. The SMILES string of the molecule is COc1ccc(CSc2nnc(SCC(=O)Nc3cc(C(F)(F)F)ccc3Cl)s2)cc1. The van der Waals surface area contributed by atoms with Crippen molar-refractivity contribution in [3.8, 4) is 5.75 Å². The highest BCUT2D eigenvalue weighted by Crippen LogP contribution is 2.34. The summed E-state index contributed by atoms with van der Waals surface area (Å²) in [6, 6.07) is 10.5. The molecule has 2 aromatic carbocycles. The Morgan fingerprint density at radius 3 is 2.45 bits per heavy atom. The van der Waals surface area contributed by atoms with Gasteiger partial charge >= 0.3 is 6.18 Å². The smallest absolute Gasteiger partial charge is 0.416 e. The maximum Gasteiger partial charge on any atom is 0.416 e. The van der Waals surface area contributed by atoms with Crippen molar-refractivity contribution in [2.45, 2.75) is 20.6 Å². The lowest BCUT2D eigenvalue weighted by Crippen LogP contribution is -2.15. The number of anilines is 1. The summed E-state index contributed by atoms with van der Waals surface area (Å²) >= 11 is 9.90. The molecule has 0 aliphatic rings. The molecule has 0 radical (unpaired) electrons. The van der Waals surface area contributed by atoms with Gasteiger partial charge in [-0.3, -0.25) is 4.79 Å². The van der Waals surface area contributed by atoms with Gasteiger partial charge in [0.1, 0.15) is 5.75 Å². The van der Waals surface area contributed by atoms with Crippen molar-refractivity contribution in [3.05, 3.63) is 58.6 Å². The van der Waals surface area contributed by atoms with Gasteiger partial charge in [-0.1, -0.05) is 58.6 Å². The summed E-state index contributed by atoms with van der Waals surface area (Å²) in [5.41, 5.74) is 0.130. The number of carbonyl (C=O) groups is 1. The van der Waals surface area contributed by atoms with Crippen LogP contribution in [0.4, 0.5) is 18.9 Å². The van der Waals surface area contributed by atoms with E-state index in [1.54, 1.807) is 7.11 Å². The van der Waals surface area contributed by atoms with Crippen molar-refractivity contribution in [3.63, 3.8) is 0 Å². The number of halogens is 4. The number of alkyl halides is 3. The van der Waals surface area contributed by atoms with Gasteiger partial charge in [0.15, 0.2) is 8.68 Å². The topological polar surface area (TPSA) is 64.1 Å². The Balaban J connectivity index is 1.50. The van der Waals surface area contributed by atoms with Crippen LogP contribution < -0.4 is 10.1 Å². The molecule has 3 rings (SSSR count). The van der Waals surface area contributed by atoms with Crippen LogP contribution in [0, 0.1) is 0 Å². The Morgan fingerprint density at radius 1 is 1.13 bits per heavy atom. The van der Waals surface area contributed by atoms with E-state index in [4.69, 9.17) is 16.3 Å². The van der Waals surface area contributed by atoms with Crippen molar-refractivity contribution in [1.29, 1.82) is 0 Å². The molecule has 164 valence electrons. The molecule has 1 amide bonds. The van der Waals surface area contributed by atoms with E-state index in [1.165, 1.54) is 23.1 Å². The average molecular weight is 506 g/mol. The highest BCUT2D eigenvalue weighted by atomic mass is 35.5. The largest absolute Gasteiger partial charge is 0.497 e. The molecule has 0 saturated heterocycles. The first-order chi connectivity index (χ1) is 14.7. The Labute approximate surface area is 193 Å². The number of nitrogens with one attached hydrogen (secondary N) is 1. The summed E-state index contributed by atoms with van der Waals surface area (Å²) in [5, 5.41) is 10.6. The van der Waals surface area contributed by atoms with Crippen LogP contribution in [0.1, 0.15) is 11.1 Å². The van der Waals surface area contributed by atoms with E-state index >= 15 is 0 Å². The average Bonchev–Trinajstić information content (AvgIpc) is 3.20. The number of thioether (sulfide) groups is 2. The van der Waals surface area contributed by atoms with E-state index in [0.717, 1.165) is 45.6 Å². The van der Waals surface area contributed by atoms with Crippen molar-refractivity contribution in [2.24, 2.45) is 0 Å². The van der Waals surface area contributed by atoms with E-state index < -0.39 is 17.6 Å². The predicted molar refractivity (Wildman–Crippen MR) is 118 cm³/mol. The Hall–Kier alpha value is -1.95. The zero-order valence-electron chi connectivity index (χ0n) is 15.9. The van der Waals surface area contributed by atoms with Crippen LogP contribution in [0.5, 0.6) is 5.75 Å². The number of hydrogen-bond donors (Lipinski definition) is 1. The number of carbonyl (C=O) groups excluding carboxylic acids is 1. The van der Waals surface area contributed by atoms with E-state index in [1.807, 2.05) is 24.3 Å². The number of rotatable bonds is 8. The van der Waals surface area contributed by atoms with Crippen molar-refractivity contribution in [2.75, 3.05) is 18.2 Å². The summed E-state index contributed by atoms with van der Waals surface area (Å²) in [6.45, 7) is 0. The number of ether oxygens (including phenoxy) is 1. The summed E-state index contributed by atoms with van der Waals surface area (Å²) in [4.78, 5) is 12.1. The fourth-order valence-corrected chi connectivity index (χ4v) is 5.23. The molecule has 3 aromatic rings. The summed E-state index contributed by atoms with van der Waals surface area (Å²) in [7, 11) is 1.61. The molecule has 0 atom stereocenters. The van der Waals surface area contributed by atoms with Crippen LogP contribution in [-0.2, 0) is 16.7 Å². The molecule has 1 heterocycles. The molecular formula is C19H15ClF3N3O2S3. The molecular weight excluding hydrogens is 491 g/mol. The molecule has 0 bridgehead atoms. The lowest BCUT2D eigenvalue weighted by atomic mass is 10.2. The molecule has 0 saturated carbocycles. The molecule has 0 aliphatic carbocycles. The normalized spacial score (nSPS) is 11.4. The van der Waals surface area contributed by atoms with Crippen LogP contribution in [0.15, 0.2) is 51.1 Å². The first kappa shape index (κ1) is 23.7. The maximum absolute atomic E-state index is 12.8. The zero-order chi connectivity index (χ0) is 22.4. The second-order valence-corrected chi connectivity index (χ2v) is 9.83. The fraction of sp³-hybridized carbons (Fsp3) is 0.211. The minimum absolute atomic E-state index is 0.0273. The third-order valence-corrected chi connectivity index (χ3v) is 7.39. The number of benzene rings is 2. The molecule has 31 heavy (non-hydrogen) atoms. The maximum atomic E-state index is 12.8. The predicted octanol–water partition coefficient (Wildman–Crippen LogP) is 6.24. The third kappa shape index (κ3) is 7.03. The number of amides is 1. The first-order valence-corrected chi connectivity index (χ1v) is 11.8. The van der Waals surface area contributed by atoms with E-state index in [-0.39, 0.29) is 16.5 Å². The van der Waals surface area contributed by atoms with Gasteiger partial charge in [-0.05, 0) is 35.9 Å². The van der Waals surface area contributed by atoms with Crippen LogP contribution in [0.3, 0.4) is 0 Å². The van der Waals surface area contributed by atoms with Crippen LogP contribution in [0.2, 0.25) is 5.02 Å². The molecule has 1 aromatic heterocycles. The number of methoxy groups -OCH3 is 1. The van der Waals surface area contributed by atoms with Crippen LogP contribution >= 0.6 is 46.5 Å². The molecule has 0 unspecified atom stereocenters. The van der Waals surface area contributed by atoms with E-state index in [2.05, 4.69) is 15.5 Å². The van der Waals surface area contributed by atoms with E-state index in [0.29, 0.717) is 10.1 Å². The van der Waals surface area contributed by atoms with Gasteiger partial charge in [0.2, 0.25) is 5.91 Å². The molecule has 12 heteroatoms. The van der Waals surface area contributed by atoms with Gasteiger partial charge in [0, 0.05) is 5.75 Å². The van der Waals surface area contributed by atoms with Gasteiger partial charge < -0.3 is 10.1 Å². The molecule has 1 N–H and O–H groups in total. The minimum atomic E-state index is -4.52. The third-order valence-electron chi connectivity index (χ3n) is 3.80. The second kappa shape index (κ2) is 10.6. The molecule has 0 spiro atoms. The second-order valence-electron chi connectivity index (χ2n) is 6.00. The van der Waals surface area contributed by atoms with Crippen LogP contribution in [0.25, 0.3) is 0 Å².